The van der Waals surface area contributed by atoms with Crippen LogP contribution in [0, 0.1) is 0 Å². The van der Waals surface area contributed by atoms with Gasteiger partial charge in [-0.3, -0.25) is 9.97 Å². The van der Waals surface area contributed by atoms with Crippen molar-refractivity contribution >= 4 is 0 Å². The summed E-state index contributed by atoms with van der Waals surface area (Å²) in [5.74, 6) is 0. The number of hydrogen-bond donors (Lipinski definition) is 0. The van der Waals surface area contributed by atoms with Crippen LogP contribution in [0.3, 0.4) is 0 Å². The van der Waals surface area contributed by atoms with Crippen LogP contribution in [0.4, 0.5) is 0 Å². The zero-order valence-corrected chi connectivity index (χ0v) is 8.37. The predicted molar refractivity (Wildman–Crippen MR) is 58.0 cm³/mol. The normalized spacial score (nSPS) is 10.1. The van der Waals surface area contributed by atoms with Gasteiger partial charge in [0.15, 0.2) is 0 Å². The van der Waals surface area contributed by atoms with Gasteiger partial charge >= 0.3 is 0 Å². The molecule has 0 atom stereocenters. The van der Waals surface area contributed by atoms with Crippen molar-refractivity contribution in [1.29, 1.82) is 0 Å². The lowest BCUT2D eigenvalue weighted by Gasteiger charge is -2.00. The van der Waals surface area contributed by atoms with Crippen molar-refractivity contribution in [3.05, 3.63) is 60.2 Å². The third-order valence-electron chi connectivity index (χ3n) is 2.00. The Balaban J connectivity index is 1.81. The van der Waals surface area contributed by atoms with Gasteiger partial charge in [0.2, 0.25) is 0 Å². The highest BCUT2D eigenvalue weighted by molar-refractivity contribution is 5.05. The lowest BCUT2D eigenvalue weighted by Crippen LogP contribution is -2.06. The predicted octanol–water partition coefficient (Wildman–Crippen LogP) is 1.78. The van der Waals surface area contributed by atoms with Crippen molar-refractivity contribution in [3.8, 4) is 0 Å². The minimum absolute atomic E-state index is 0.650. The summed E-state index contributed by atoms with van der Waals surface area (Å²) < 4.78 is 0. The summed E-state index contributed by atoms with van der Waals surface area (Å²) in [6, 6.07) is 11.7. The molecule has 1 radical (unpaired) electrons. The summed E-state index contributed by atoms with van der Waals surface area (Å²) in [6.45, 7) is 1.30. The Kier molecular flexibility index (Phi) is 3.41. The topological polar surface area (TPSA) is 39.9 Å². The van der Waals surface area contributed by atoms with Crippen LogP contribution in [-0.4, -0.2) is 9.97 Å². The molecule has 75 valence electrons. The number of nitrogens with zero attached hydrogens (tertiary/aromatic N) is 3. The number of rotatable bonds is 4. The maximum absolute atomic E-state index is 4.39. The second-order valence-corrected chi connectivity index (χ2v) is 3.18. The van der Waals surface area contributed by atoms with E-state index in [2.05, 4.69) is 15.3 Å². The zero-order chi connectivity index (χ0) is 10.3. The Hall–Kier alpha value is -1.74. The van der Waals surface area contributed by atoms with E-state index in [1.54, 1.807) is 12.4 Å². The first kappa shape index (κ1) is 9.80. The molecule has 2 rings (SSSR count). The first-order valence-corrected chi connectivity index (χ1v) is 4.88. The van der Waals surface area contributed by atoms with Crippen molar-refractivity contribution in [2.45, 2.75) is 13.1 Å². The average molecular weight is 198 g/mol. The molecule has 0 N–H and O–H groups in total. The average Bonchev–Trinajstić information content (AvgIpc) is 2.32. The molecule has 0 amide bonds. The molecule has 0 fully saturated rings. The molecule has 0 spiro atoms. The van der Waals surface area contributed by atoms with Crippen LogP contribution in [0.1, 0.15) is 11.4 Å². The number of aromatic nitrogens is 2. The molecule has 0 unspecified atom stereocenters. The van der Waals surface area contributed by atoms with E-state index in [1.807, 2.05) is 36.4 Å². The van der Waals surface area contributed by atoms with Gasteiger partial charge in [-0.1, -0.05) is 12.1 Å². The first-order valence-electron chi connectivity index (χ1n) is 4.88. The van der Waals surface area contributed by atoms with E-state index in [4.69, 9.17) is 0 Å². The van der Waals surface area contributed by atoms with E-state index in [-0.39, 0.29) is 0 Å². The van der Waals surface area contributed by atoms with Gasteiger partial charge in [0.1, 0.15) is 0 Å². The maximum Gasteiger partial charge on any atom is 0.0562 e. The zero-order valence-electron chi connectivity index (χ0n) is 8.37. The van der Waals surface area contributed by atoms with E-state index in [9.17, 15) is 0 Å². The van der Waals surface area contributed by atoms with E-state index in [1.165, 1.54) is 0 Å². The molecule has 0 aromatic carbocycles. The van der Waals surface area contributed by atoms with Gasteiger partial charge in [-0.05, 0) is 24.3 Å². The van der Waals surface area contributed by atoms with Crippen molar-refractivity contribution < 1.29 is 0 Å². The molecule has 3 heteroatoms. The first-order chi connectivity index (χ1) is 7.45. The third kappa shape index (κ3) is 3.14. The number of pyridine rings is 2. The van der Waals surface area contributed by atoms with Crippen molar-refractivity contribution in [3.63, 3.8) is 0 Å². The Bertz CT molecular complexity index is 347. The quantitative estimate of drug-likeness (QED) is 0.751. The summed E-state index contributed by atoms with van der Waals surface area (Å²) in [5, 5.41) is 4.39. The molecule has 0 saturated heterocycles. The molecule has 0 aliphatic carbocycles. The van der Waals surface area contributed by atoms with Crippen molar-refractivity contribution in [1.82, 2.24) is 15.3 Å². The lowest BCUT2D eigenvalue weighted by molar-refractivity contribution is 0.652. The maximum atomic E-state index is 4.39. The summed E-state index contributed by atoms with van der Waals surface area (Å²) in [4.78, 5) is 8.39. The fourth-order valence-corrected chi connectivity index (χ4v) is 1.27. The van der Waals surface area contributed by atoms with Gasteiger partial charge in [0.25, 0.3) is 0 Å². The molecule has 15 heavy (non-hydrogen) atoms. The minimum Gasteiger partial charge on any atom is -0.260 e. The van der Waals surface area contributed by atoms with E-state index in [0.717, 1.165) is 11.4 Å². The SMILES string of the molecule is c1ccc(C[N]Cc2ccccn2)nc1. The van der Waals surface area contributed by atoms with Crippen LogP contribution in [0.2, 0.25) is 0 Å². The van der Waals surface area contributed by atoms with Gasteiger partial charge < -0.3 is 0 Å². The molecule has 2 heterocycles. The van der Waals surface area contributed by atoms with E-state index >= 15 is 0 Å². The second kappa shape index (κ2) is 5.22. The molecular formula is C12H12N3. The van der Waals surface area contributed by atoms with Crippen LogP contribution < -0.4 is 5.32 Å². The van der Waals surface area contributed by atoms with Crippen LogP contribution in [0.15, 0.2) is 48.8 Å². The molecule has 0 aliphatic heterocycles. The van der Waals surface area contributed by atoms with E-state index < -0.39 is 0 Å². The van der Waals surface area contributed by atoms with E-state index in [0.29, 0.717) is 13.1 Å². The highest BCUT2D eigenvalue weighted by atomic mass is 14.9. The van der Waals surface area contributed by atoms with Gasteiger partial charge in [0, 0.05) is 12.4 Å². The van der Waals surface area contributed by atoms with Gasteiger partial charge in [-0.25, -0.2) is 5.32 Å². The Morgan fingerprint density at radius 1 is 0.800 bits per heavy atom. The summed E-state index contributed by atoms with van der Waals surface area (Å²) in [5.41, 5.74) is 1.99. The van der Waals surface area contributed by atoms with Crippen LogP contribution in [0.25, 0.3) is 0 Å². The van der Waals surface area contributed by atoms with Crippen LogP contribution in [-0.2, 0) is 13.1 Å². The molecule has 3 nitrogen and oxygen atoms in total. The monoisotopic (exact) mass is 198 g/mol. The smallest absolute Gasteiger partial charge is 0.0562 e. The van der Waals surface area contributed by atoms with Gasteiger partial charge in [-0.15, -0.1) is 0 Å². The largest absolute Gasteiger partial charge is 0.260 e. The summed E-state index contributed by atoms with van der Waals surface area (Å²) in [6.07, 6.45) is 3.57. The third-order valence-corrected chi connectivity index (χ3v) is 2.00. The minimum atomic E-state index is 0.650. The highest BCUT2D eigenvalue weighted by Crippen LogP contribution is 1.96. The summed E-state index contributed by atoms with van der Waals surface area (Å²) in [7, 11) is 0. The Morgan fingerprint density at radius 2 is 1.33 bits per heavy atom. The standard InChI is InChI=1S/C12H12N3/c1-3-7-14-11(5-1)9-13-10-12-6-2-4-8-15-12/h1-8H,9-10H2. The van der Waals surface area contributed by atoms with Crippen molar-refractivity contribution in [2.24, 2.45) is 0 Å². The van der Waals surface area contributed by atoms with Crippen LogP contribution >= 0.6 is 0 Å². The molecular weight excluding hydrogens is 186 g/mol. The molecule has 0 saturated carbocycles. The lowest BCUT2D eigenvalue weighted by atomic mass is 10.3. The second-order valence-electron chi connectivity index (χ2n) is 3.18. The fourth-order valence-electron chi connectivity index (χ4n) is 1.27. The van der Waals surface area contributed by atoms with Gasteiger partial charge in [0.05, 0.1) is 24.5 Å². The molecule has 0 bridgehead atoms. The van der Waals surface area contributed by atoms with Gasteiger partial charge in [-0.2, -0.15) is 0 Å². The van der Waals surface area contributed by atoms with Crippen molar-refractivity contribution in [2.75, 3.05) is 0 Å². The molecule has 2 aromatic heterocycles. The Labute approximate surface area is 89.2 Å². The fraction of sp³-hybridized carbons (Fsp3) is 0.167. The molecule has 0 aliphatic rings. The van der Waals surface area contributed by atoms with Crippen LogP contribution in [0.5, 0.6) is 0 Å². The number of hydrogen-bond acceptors (Lipinski definition) is 2. The summed E-state index contributed by atoms with van der Waals surface area (Å²) >= 11 is 0. The Morgan fingerprint density at radius 3 is 1.73 bits per heavy atom. The molecule has 2 aromatic rings. The highest BCUT2D eigenvalue weighted by Gasteiger charge is 1.95.